The van der Waals surface area contributed by atoms with Gasteiger partial charge in [-0.15, -0.1) is 0 Å². The Morgan fingerprint density at radius 1 is 1.14 bits per heavy atom. The molecule has 0 aliphatic carbocycles. The maximum Gasteiger partial charge on any atom is 0.398 e. The summed E-state index contributed by atoms with van der Waals surface area (Å²) >= 11 is 0. The van der Waals surface area contributed by atoms with Gasteiger partial charge in [-0.1, -0.05) is 24.6 Å². The zero-order valence-electron chi connectivity index (χ0n) is 15.5. The van der Waals surface area contributed by atoms with Crippen molar-refractivity contribution in [1.82, 2.24) is 10.6 Å². The average Bonchev–Trinajstić information content (AvgIpc) is 2.64. The second-order valence-corrected chi connectivity index (χ2v) is 8.21. The molecular formula is C17H26N3O7P. The summed E-state index contributed by atoms with van der Waals surface area (Å²) in [6.45, 7) is 1.06. The van der Waals surface area contributed by atoms with Gasteiger partial charge >= 0.3 is 13.6 Å². The zero-order chi connectivity index (χ0) is 21.2. The van der Waals surface area contributed by atoms with E-state index < -0.39 is 37.2 Å². The van der Waals surface area contributed by atoms with Gasteiger partial charge in [0, 0.05) is 6.42 Å². The van der Waals surface area contributed by atoms with Gasteiger partial charge in [-0.3, -0.25) is 9.59 Å². The Balaban J connectivity index is 2.39. The summed E-state index contributed by atoms with van der Waals surface area (Å²) in [5.41, 5.74) is 5.13. The predicted octanol–water partition coefficient (Wildman–Crippen LogP) is 0.802. The summed E-state index contributed by atoms with van der Waals surface area (Å²) in [5, 5.41) is 13.7. The van der Waals surface area contributed by atoms with Crippen molar-refractivity contribution in [3.8, 4) is 5.75 Å². The molecule has 0 fully saturated rings. The quantitative estimate of drug-likeness (QED) is 0.247. The molecule has 0 radical (unpaired) electrons. The minimum Gasteiger partial charge on any atom is -0.480 e. The Labute approximate surface area is 163 Å². The first-order chi connectivity index (χ1) is 13.2. The molecule has 1 rings (SSSR count). The van der Waals surface area contributed by atoms with E-state index in [2.05, 4.69) is 10.6 Å². The summed E-state index contributed by atoms with van der Waals surface area (Å²) in [6.07, 6.45) is 0.878. The number of carbonyl (C=O) groups is 3. The summed E-state index contributed by atoms with van der Waals surface area (Å²) in [5.74, 6) is -3.11. The lowest BCUT2D eigenvalue weighted by atomic mass is 10.1. The average molecular weight is 415 g/mol. The number of unbranched alkanes of at least 4 members (excludes halogenated alkanes) is 1. The highest BCUT2D eigenvalue weighted by Crippen LogP contribution is 2.46. The van der Waals surface area contributed by atoms with E-state index in [4.69, 9.17) is 15.4 Å². The van der Waals surface area contributed by atoms with Crippen LogP contribution in [0.1, 0.15) is 32.6 Å². The number of nitrogens with one attached hydrogen (secondary N) is 2. The van der Waals surface area contributed by atoms with E-state index in [9.17, 15) is 23.8 Å². The number of amides is 2. The number of aliphatic carboxylic acids is 1. The molecule has 1 aromatic rings. The largest absolute Gasteiger partial charge is 0.480 e. The fraction of sp³-hybridized carbons (Fsp3) is 0.471. The Bertz CT molecular complexity index is 714. The molecule has 0 aliphatic rings. The van der Waals surface area contributed by atoms with Crippen molar-refractivity contribution in [2.75, 3.05) is 6.54 Å². The third kappa shape index (κ3) is 8.51. The number of hydrogen-bond donors (Lipinski definition) is 5. The molecule has 0 bridgehead atoms. The van der Waals surface area contributed by atoms with Crippen LogP contribution in [0.2, 0.25) is 0 Å². The predicted molar refractivity (Wildman–Crippen MR) is 102 cm³/mol. The van der Waals surface area contributed by atoms with Crippen molar-refractivity contribution < 1.29 is 33.5 Å². The zero-order valence-corrected chi connectivity index (χ0v) is 16.4. The number of carboxylic acids is 1. The van der Waals surface area contributed by atoms with Crippen LogP contribution < -0.4 is 20.9 Å². The first-order valence-electron chi connectivity index (χ1n) is 8.74. The van der Waals surface area contributed by atoms with Gasteiger partial charge in [0.25, 0.3) is 0 Å². The molecule has 11 heteroatoms. The first kappa shape index (κ1) is 23.6. The Hall–Kier alpha value is -2.42. The number of nitrogens with two attached hydrogens (primary N) is 1. The number of benzene rings is 1. The normalized spacial score (nSPS) is 15.0. The lowest BCUT2D eigenvalue weighted by molar-refractivity contribution is -0.141. The lowest BCUT2D eigenvalue weighted by Gasteiger charge is -2.21. The molecule has 1 aromatic carbocycles. The second-order valence-electron chi connectivity index (χ2n) is 6.12. The van der Waals surface area contributed by atoms with Gasteiger partial charge in [-0.25, -0.2) is 9.36 Å². The molecule has 0 aromatic heterocycles. The molecule has 0 saturated carbocycles. The number of carbonyl (C=O) groups excluding carboxylic acids is 2. The van der Waals surface area contributed by atoms with E-state index in [1.807, 2.05) is 0 Å². The maximum atomic E-state index is 12.2. The van der Waals surface area contributed by atoms with Gasteiger partial charge in [0.2, 0.25) is 11.8 Å². The van der Waals surface area contributed by atoms with Crippen molar-refractivity contribution in [3.63, 3.8) is 0 Å². The van der Waals surface area contributed by atoms with Crippen LogP contribution in [-0.2, 0) is 18.9 Å². The topological polar surface area (TPSA) is 168 Å². The minimum atomic E-state index is -4.12. The number of hydrogen-bond acceptors (Lipinski definition) is 6. The number of rotatable bonds is 12. The Morgan fingerprint density at radius 3 is 2.36 bits per heavy atom. The molecule has 3 atom stereocenters. The van der Waals surface area contributed by atoms with Crippen molar-refractivity contribution in [2.45, 2.75) is 44.4 Å². The SMILES string of the molecule is CC(NC(=O)CCCCC(NC(=O)CN)C(=O)O)P(=O)(O)Oc1ccccc1. The molecule has 10 nitrogen and oxygen atoms in total. The number of carboxylic acid groups (broad SMARTS) is 1. The number of para-hydroxylation sites is 1. The Morgan fingerprint density at radius 2 is 1.79 bits per heavy atom. The molecule has 3 unspecified atom stereocenters. The summed E-state index contributed by atoms with van der Waals surface area (Å²) in [4.78, 5) is 44.2. The molecule has 0 heterocycles. The monoisotopic (exact) mass is 415 g/mol. The van der Waals surface area contributed by atoms with Gasteiger partial charge in [0.15, 0.2) is 0 Å². The summed E-state index contributed by atoms with van der Waals surface area (Å²) in [7, 11) is -4.12. The van der Waals surface area contributed by atoms with Crippen LogP contribution in [0.15, 0.2) is 30.3 Å². The van der Waals surface area contributed by atoms with Gasteiger partial charge in [0.05, 0.1) is 6.54 Å². The smallest absolute Gasteiger partial charge is 0.398 e. The molecular weight excluding hydrogens is 389 g/mol. The molecule has 0 aliphatic heterocycles. The van der Waals surface area contributed by atoms with Crippen molar-refractivity contribution in [2.24, 2.45) is 5.73 Å². The van der Waals surface area contributed by atoms with Crippen LogP contribution in [0.3, 0.4) is 0 Å². The van der Waals surface area contributed by atoms with Crippen LogP contribution in [0.4, 0.5) is 0 Å². The summed E-state index contributed by atoms with van der Waals surface area (Å²) in [6, 6.07) is 7.02. The highest BCUT2D eigenvalue weighted by atomic mass is 31.2. The molecule has 0 saturated heterocycles. The minimum absolute atomic E-state index is 0.0346. The van der Waals surface area contributed by atoms with Crippen LogP contribution >= 0.6 is 7.60 Å². The fourth-order valence-electron chi connectivity index (χ4n) is 2.24. The third-order valence-corrected chi connectivity index (χ3v) is 5.38. The Kier molecular flexibility index (Phi) is 9.64. The van der Waals surface area contributed by atoms with E-state index in [0.29, 0.717) is 12.8 Å². The van der Waals surface area contributed by atoms with Crippen molar-refractivity contribution in [1.29, 1.82) is 0 Å². The van der Waals surface area contributed by atoms with E-state index in [0.717, 1.165) is 0 Å². The van der Waals surface area contributed by atoms with E-state index in [1.54, 1.807) is 18.2 Å². The van der Waals surface area contributed by atoms with Gasteiger partial charge < -0.3 is 30.9 Å². The van der Waals surface area contributed by atoms with Crippen molar-refractivity contribution in [3.05, 3.63) is 30.3 Å². The molecule has 28 heavy (non-hydrogen) atoms. The van der Waals surface area contributed by atoms with Crippen LogP contribution in [0, 0.1) is 0 Å². The standard InChI is InChI=1S/C17H26N3O7P/c1-12(28(25,26)27-13-7-3-2-4-8-13)19-15(21)10-6-5-9-14(17(23)24)20-16(22)11-18/h2-4,7-8,12,14H,5-6,9-11,18H2,1H3,(H,19,21)(H,20,22)(H,23,24)(H,25,26). The molecule has 0 spiro atoms. The van der Waals surface area contributed by atoms with Gasteiger partial charge in [-0.2, -0.15) is 0 Å². The molecule has 2 amide bonds. The lowest BCUT2D eigenvalue weighted by Crippen LogP contribution is -2.43. The molecule has 156 valence electrons. The van der Waals surface area contributed by atoms with Crippen LogP contribution in [0.25, 0.3) is 0 Å². The van der Waals surface area contributed by atoms with Gasteiger partial charge in [0.1, 0.15) is 17.6 Å². The van der Waals surface area contributed by atoms with E-state index in [-0.39, 0.29) is 25.1 Å². The van der Waals surface area contributed by atoms with Crippen LogP contribution in [0.5, 0.6) is 5.75 Å². The van der Waals surface area contributed by atoms with E-state index >= 15 is 0 Å². The first-order valence-corrected chi connectivity index (χ1v) is 10.4. The van der Waals surface area contributed by atoms with Crippen LogP contribution in [-0.4, -0.2) is 46.2 Å². The second kappa shape index (κ2) is 11.4. The summed E-state index contributed by atoms with van der Waals surface area (Å²) < 4.78 is 17.3. The van der Waals surface area contributed by atoms with Gasteiger partial charge in [-0.05, 0) is 31.9 Å². The van der Waals surface area contributed by atoms with E-state index in [1.165, 1.54) is 19.1 Å². The maximum absolute atomic E-state index is 12.2. The highest BCUT2D eigenvalue weighted by Gasteiger charge is 2.31. The van der Waals surface area contributed by atoms with Crippen molar-refractivity contribution >= 4 is 25.4 Å². The fourth-order valence-corrected chi connectivity index (χ4v) is 3.13. The highest BCUT2D eigenvalue weighted by molar-refractivity contribution is 7.54. The molecule has 6 N–H and O–H groups in total. The third-order valence-electron chi connectivity index (χ3n) is 3.80.